The molecular weight excluding hydrogens is 542 g/mol. The van der Waals surface area contributed by atoms with E-state index in [1.807, 2.05) is 30.3 Å². The quantitative estimate of drug-likeness (QED) is 0.281. The number of phenols is 1. The number of carboxylic acids is 1. The molecule has 1 atom stereocenters. The van der Waals surface area contributed by atoms with Crippen LogP contribution in [0.4, 0.5) is 0 Å². The second kappa shape index (κ2) is 12.5. The number of benzene rings is 2. The van der Waals surface area contributed by atoms with Crippen LogP contribution in [0.5, 0.6) is 5.75 Å². The number of piperidine rings is 1. The number of nitrogens with one attached hydrogen (secondary N) is 2. The molecule has 42 heavy (non-hydrogen) atoms. The molecule has 3 aromatic rings. The van der Waals surface area contributed by atoms with E-state index in [-0.39, 0.29) is 73.5 Å². The first-order chi connectivity index (χ1) is 19.9. The first-order valence-corrected chi connectivity index (χ1v) is 13.8. The van der Waals surface area contributed by atoms with Crippen molar-refractivity contribution < 1.29 is 33.8 Å². The summed E-state index contributed by atoms with van der Waals surface area (Å²) >= 11 is 0. The first-order valence-electron chi connectivity index (χ1n) is 13.8. The predicted octanol–water partition coefficient (Wildman–Crippen LogP) is 2.25. The van der Waals surface area contributed by atoms with Crippen LogP contribution in [0.1, 0.15) is 43.4 Å². The molecule has 4 N–H and O–H groups in total. The van der Waals surface area contributed by atoms with Gasteiger partial charge in [0.25, 0.3) is 0 Å². The molecule has 0 radical (unpaired) electrons. The van der Waals surface area contributed by atoms with Crippen LogP contribution in [0.2, 0.25) is 0 Å². The molecule has 222 valence electrons. The maximum Gasteiger partial charge on any atom is 0.340 e. The highest BCUT2D eigenvalue weighted by molar-refractivity contribution is 5.93. The van der Waals surface area contributed by atoms with Crippen molar-refractivity contribution in [1.29, 1.82) is 0 Å². The van der Waals surface area contributed by atoms with Crippen molar-refractivity contribution in [1.82, 2.24) is 15.5 Å². The minimum Gasteiger partial charge on any atom is -0.508 e. The number of hydrogen-bond donors (Lipinski definition) is 4. The molecule has 4 rings (SSSR count). The fraction of sp³-hybridized carbons (Fsp3) is 0.387. The number of rotatable bonds is 9. The fourth-order valence-electron chi connectivity index (χ4n) is 5.46. The molecular formula is C31H35N3O8. The summed E-state index contributed by atoms with van der Waals surface area (Å²) < 4.78 is 5.36. The van der Waals surface area contributed by atoms with Gasteiger partial charge in [-0.25, -0.2) is 9.59 Å². The minimum atomic E-state index is -1.15. The average Bonchev–Trinajstić information content (AvgIpc) is 2.96. The van der Waals surface area contributed by atoms with Crippen LogP contribution in [0.15, 0.2) is 57.7 Å². The number of amides is 3. The molecule has 11 nitrogen and oxygen atoms in total. The first kappa shape index (κ1) is 30.3. The number of hydrogen-bond acceptors (Lipinski definition) is 7. The summed E-state index contributed by atoms with van der Waals surface area (Å²) in [5.41, 5.74) is 0.169. The molecule has 0 unspecified atom stereocenters. The third-order valence-corrected chi connectivity index (χ3v) is 7.99. The highest BCUT2D eigenvalue weighted by Crippen LogP contribution is 2.36. The molecule has 2 aromatic carbocycles. The Morgan fingerprint density at radius 2 is 1.71 bits per heavy atom. The summed E-state index contributed by atoms with van der Waals surface area (Å²) in [5.74, 6) is -2.80. The van der Waals surface area contributed by atoms with Gasteiger partial charge in [-0.3, -0.25) is 14.4 Å². The van der Waals surface area contributed by atoms with E-state index in [0.29, 0.717) is 10.9 Å². The predicted molar refractivity (Wildman–Crippen MR) is 154 cm³/mol. The van der Waals surface area contributed by atoms with Gasteiger partial charge in [0.05, 0.1) is 23.9 Å². The number of carbonyl (C=O) groups is 4. The lowest BCUT2D eigenvalue weighted by Gasteiger charge is -2.41. The van der Waals surface area contributed by atoms with Crippen LogP contribution >= 0.6 is 0 Å². The van der Waals surface area contributed by atoms with Crippen LogP contribution in [0, 0.1) is 12.8 Å². The summed E-state index contributed by atoms with van der Waals surface area (Å²) in [7, 11) is 0. The molecule has 3 amide bonds. The Hall–Kier alpha value is -4.67. The van der Waals surface area contributed by atoms with E-state index in [9.17, 15) is 34.2 Å². The van der Waals surface area contributed by atoms with Crippen molar-refractivity contribution in [3.63, 3.8) is 0 Å². The van der Waals surface area contributed by atoms with Crippen molar-refractivity contribution in [2.45, 2.75) is 51.5 Å². The Bertz CT molecular complexity index is 1560. The van der Waals surface area contributed by atoms with E-state index in [0.717, 1.165) is 5.56 Å². The third-order valence-electron chi connectivity index (χ3n) is 7.99. The lowest BCUT2D eigenvalue weighted by atomic mass is 9.72. The molecule has 1 aromatic heterocycles. The Kier molecular flexibility index (Phi) is 8.99. The van der Waals surface area contributed by atoms with Crippen molar-refractivity contribution in [3.8, 4) is 5.75 Å². The number of nitrogens with zero attached hydrogens (tertiary/aromatic N) is 1. The minimum absolute atomic E-state index is 0.0335. The van der Waals surface area contributed by atoms with Gasteiger partial charge in [-0.15, -0.1) is 0 Å². The SMILES string of the molecule is Cc1c(CC(=O)N2CCC(C(=O)NCC(=O)N[C@@H](C(=O)O)C(C)C)(c3ccccc3)CC2)c(=O)oc2cc(O)ccc12. The van der Waals surface area contributed by atoms with Gasteiger partial charge in [-0.2, -0.15) is 0 Å². The molecule has 1 fully saturated rings. The largest absolute Gasteiger partial charge is 0.508 e. The van der Waals surface area contributed by atoms with Gasteiger partial charge < -0.3 is 30.2 Å². The molecule has 0 saturated carbocycles. The van der Waals surface area contributed by atoms with E-state index >= 15 is 0 Å². The molecule has 0 bridgehead atoms. The van der Waals surface area contributed by atoms with Gasteiger partial charge in [-0.1, -0.05) is 44.2 Å². The van der Waals surface area contributed by atoms with Crippen LogP contribution in [-0.4, -0.2) is 64.5 Å². The Labute approximate surface area is 242 Å². The van der Waals surface area contributed by atoms with Gasteiger partial charge in [-0.05, 0) is 48.9 Å². The molecule has 1 aliphatic rings. The van der Waals surface area contributed by atoms with Crippen molar-refractivity contribution in [2.24, 2.45) is 5.92 Å². The third kappa shape index (κ3) is 6.29. The van der Waals surface area contributed by atoms with E-state index in [2.05, 4.69) is 10.6 Å². The maximum atomic E-state index is 13.6. The molecule has 1 saturated heterocycles. The normalized spacial score (nSPS) is 15.3. The summed E-state index contributed by atoms with van der Waals surface area (Å²) in [6.07, 6.45) is 0.394. The zero-order chi connectivity index (χ0) is 30.6. The zero-order valence-corrected chi connectivity index (χ0v) is 23.8. The monoisotopic (exact) mass is 577 g/mol. The highest BCUT2D eigenvalue weighted by Gasteiger charge is 2.44. The van der Waals surface area contributed by atoms with E-state index in [1.54, 1.807) is 31.7 Å². The summed E-state index contributed by atoms with van der Waals surface area (Å²) in [5, 5.41) is 24.8. The van der Waals surface area contributed by atoms with Gasteiger partial charge >= 0.3 is 11.6 Å². The van der Waals surface area contributed by atoms with Gasteiger partial charge in [0.2, 0.25) is 17.7 Å². The number of likely N-dealkylation sites (tertiary alicyclic amines) is 1. The molecule has 11 heteroatoms. The topological polar surface area (TPSA) is 166 Å². The number of phenolic OH excluding ortho intramolecular Hbond substituents is 1. The summed E-state index contributed by atoms with van der Waals surface area (Å²) in [6, 6.07) is 12.5. The van der Waals surface area contributed by atoms with Crippen LogP contribution in [0.3, 0.4) is 0 Å². The van der Waals surface area contributed by atoms with E-state index in [4.69, 9.17) is 4.42 Å². The standard InChI is InChI=1S/C31H35N3O8/c1-18(2)27(28(38)39)33-25(36)17-32-30(41)31(20-7-5-4-6-8-20)11-13-34(14-12-31)26(37)16-23-19(3)22-10-9-21(35)15-24(22)42-29(23)40/h4-10,15,18,27,35H,11-14,16-17H2,1-3H3,(H,32,41)(H,33,36)(H,38,39)/t27-/m1/s1. The summed E-state index contributed by atoms with van der Waals surface area (Å²) in [4.78, 5) is 65.1. The zero-order valence-electron chi connectivity index (χ0n) is 23.8. The van der Waals surface area contributed by atoms with Crippen molar-refractivity contribution >= 4 is 34.7 Å². The Morgan fingerprint density at radius 1 is 1.05 bits per heavy atom. The molecule has 2 heterocycles. The van der Waals surface area contributed by atoms with Crippen molar-refractivity contribution in [3.05, 3.63) is 75.6 Å². The van der Waals surface area contributed by atoms with Gasteiger partial charge in [0.15, 0.2) is 0 Å². The number of aryl methyl sites for hydroxylation is 1. The lowest BCUT2D eigenvalue weighted by molar-refractivity contribution is -0.143. The number of carboxylic acid groups (broad SMARTS) is 1. The van der Waals surface area contributed by atoms with Crippen molar-refractivity contribution in [2.75, 3.05) is 19.6 Å². The van der Waals surface area contributed by atoms with Crippen LogP contribution in [0.25, 0.3) is 11.0 Å². The highest BCUT2D eigenvalue weighted by atomic mass is 16.4. The van der Waals surface area contributed by atoms with Crippen LogP contribution < -0.4 is 16.3 Å². The second-order valence-corrected chi connectivity index (χ2v) is 11.0. The molecule has 0 spiro atoms. The summed E-state index contributed by atoms with van der Waals surface area (Å²) in [6.45, 7) is 5.19. The number of aromatic hydroxyl groups is 1. The molecule has 0 aliphatic carbocycles. The lowest BCUT2D eigenvalue weighted by Crippen LogP contribution is -2.55. The molecule has 1 aliphatic heterocycles. The second-order valence-electron chi connectivity index (χ2n) is 11.0. The average molecular weight is 578 g/mol. The fourth-order valence-corrected chi connectivity index (χ4v) is 5.46. The smallest absolute Gasteiger partial charge is 0.340 e. The number of aliphatic carboxylic acids is 1. The Morgan fingerprint density at radius 3 is 2.33 bits per heavy atom. The maximum absolute atomic E-state index is 13.6. The van der Waals surface area contributed by atoms with Gasteiger partial charge in [0.1, 0.15) is 17.4 Å². The number of carbonyl (C=O) groups excluding carboxylic acids is 3. The van der Waals surface area contributed by atoms with Crippen LogP contribution in [-0.2, 0) is 31.0 Å². The van der Waals surface area contributed by atoms with Gasteiger partial charge in [0, 0.05) is 24.5 Å². The van der Waals surface area contributed by atoms with E-state index < -0.39 is 29.0 Å². The number of fused-ring (bicyclic) bond motifs is 1. The Balaban J connectivity index is 1.47. The van der Waals surface area contributed by atoms with E-state index in [1.165, 1.54) is 12.1 Å².